The predicted molar refractivity (Wildman–Crippen MR) is 191 cm³/mol. The third-order valence-electron chi connectivity index (χ3n) is 10.1. The third-order valence-corrected chi connectivity index (χ3v) is 12.3. The van der Waals surface area contributed by atoms with E-state index in [-0.39, 0.29) is 65.5 Å². The Labute approximate surface area is 316 Å². The molecule has 2 aromatic rings. The molecule has 0 saturated heterocycles. The van der Waals surface area contributed by atoms with Crippen LogP contribution in [0.1, 0.15) is 99.8 Å². The zero-order chi connectivity index (χ0) is 36.3. The van der Waals surface area contributed by atoms with Crippen LogP contribution in [0.3, 0.4) is 0 Å². The summed E-state index contributed by atoms with van der Waals surface area (Å²) < 4.78 is 22.1. The summed E-state index contributed by atoms with van der Waals surface area (Å²) in [5, 5.41) is -1.03. The van der Waals surface area contributed by atoms with Gasteiger partial charge in [-0.1, -0.05) is 136 Å². The molecule has 0 bridgehead atoms. The Hall–Kier alpha value is -1.94. The van der Waals surface area contributed by atoms with E-state index in [0.717, 1.165) is 57.4 Å². The smallest absolute Gasteiger partial charge is 0.383 e. The number of Topliss-reactive ketones (excluding diaryl/α,β-unsaturated/α-hetero) is 1. The van der Waals surface area contributed by atoms with Gasteiger partial charge >= 0.3 is 17.9 Å². The van der Waals surface area contributed by atoms with Crippen molar-refractivity contribution >= 4 is 93.3 Å². The van der Waals surface area contributed by atoms with Crippen molar-refractivity contribution in [3.05, 3.63) is 53.4 Å². The second-order valence-electron chi connectivity index (χ2n) is 13.6. The van der Waals surface area contributed by atoms with Crippen molar-refractivity contribution in [1.29, 1.82) is 0 Å². The number of hydrogen-bond acceptors (Lipinski definition) is 8. The van der Waals surface area contributed by atoms with Crippen molar-refractivity contribution in [1.82, 2.24) is 0 Å². The van der Waals surface area contributed by atoms with E-state index >= 15 is 0 Å². The SMILES string of the molecule is CC1CCCCC1(C)COC(=O)c1c(Cl)c(Cl)cc(Cl)c1OCC(=O)C(=O)Oc1c(Cl)cc(Cl)c(Cl)c1C(=O)OCC1(C)CCCCC1C. The number of ether oxygens (including phenoxy) is 4. The first-order chi connectivity index (χ1) is 23.0. The lowest BCUT2D eigenvalue weighted by Gasteiger charge is -2.39. The molecule has 0 aliphatic heterocycles. The lowest BCUT2D eigenvalue weighted by Crippen LogP contribution is -2.35. The third kappa shape index (κ3) is 9.11. The standard InChI is InChI=1S/C35H38Cl6O8/c1-18-9-5-7-11-34(18,3)16-47-32(44)25-27(40)20(36)13-22(38)29(25)46-15-24(42)31(43)49-30-23(39)14-21(37)28(41)26(30)33(45)48-17-35(4)12-8-6-10-19(35)2/h13-14,18-19H,5-12,15-17H2,1-4H3. The molecule has 2 aliphatic rings. The second-order valence-corrected chi connectivity index (χ2v) is 16.0. The van der Waals surface area contributed by atoms with Gasteiger partial charge in [0.2, 0.25) is 0 Å². The van der Waals surface area contributed by atoms with Crippen LogP contribution in [0.5, 0.6) is 11.5 Å². The highest BCUT2D eigenvalue weighted by Gasteiger charge is 2.38. The Morgan fingerprint density at radius 1 is 0.673 bits per heavy atom. The summed E-state index contributed by atoms with van der Waals surface area (Å²) in [4.78, 5) is 52.7. The highest BCUT2D eigenvalue weighted by molar-refractivity contribution is 6.47. The molecule has 2 fully saturated rings. The zero-order valence-corrected chi connectivity index (χ0v) is 32.2. The van der Waals surface area contributed by atoms with Gasteiger partial charge in [-0.15, -0.1) is 0 Å². The highest BCUT2D eigenvalue weighted by atomic mass is 35.5. The van der Waals surface area contributed by atoms with Crippen LogP contribution in [0.2, 0.25) is 30.1 Å². The first-order valence-electron chi connectivity index (χ1n) is 16.1. The van der Waals surface area contributed by atoms with Gasteiger partial charge in [0.25, 0.3) is 5.78 Å². The zero-order valence-electron chi connectivity index (χ0n) is 27.6. The van der Waals surface area contributed by atoms with E-state index in [0.29, 0.717) is 11.8 Å². The minimum atomic E-state index is -1.46. The number of halogens is 6. The summed E-state index contributed by atoms with van der Waals surface area (Å²) in [5.41, 5.74) is -1.22. The maximum absolute atomic E-state index is 13.3. The van der Waals surface area contributed by atoms with Crippen molar-refractivity contribution < 1.29 is 38.1 Å². The van der Waals surface area contributed by atoms with Crippen molar-refractivity contribution in [2.24, 2.45) is 22.7 Å². The van der Waals surface area contributed by atoms with Crippen molar-refractivity contribution in [3.63, 3.8) is 0 Å². The average molecular weight is 799 g/mol. The molecule has 0 spiro atoms. The van der Waals surface area contributed by atoms with Gasteiger partial charge in [-0.25, -0.2) is 14.4 Å². The fourth-order valence-corrected chi connectivity index (χ4v) is 7.75. The molecule has 0 amide bonds. The van der Waals surface area contributed by atoms with Crippen LogP contribution >= 0.6 is 69.6 Å². The molecule has 2 aliphatic carbocycles. The van der Waals surface area contributed by atoms with E-state index in [9.17, 15) is 19.2 Å². The quantitative estimate of drug-likeness (QED) is 0.0958. The van der Waals surface area contributed by atoms with E-state index < -0.39 is 41.6 Å². The molecule has 2 aromatic carbocycles. The minimum Gasteiger partial charge on any atom is -0.483 e. The van der Waals surface area contributed by atoms with Gasteiger partial charge < -0.3 is 18.9 Å². The lowest BCUT2D eigenvalue weighted by molar-refractivity contribution is -0.148. The van der Waals surface area contributed by atoms with Gasteiger partial charge in [0.1, 0.15) is 11.1 Å². The molecule has 4 unspecified atom stereocenters. The predicted octanol–water partition coefficient (Wildman–Crippen LogP) is 10.9. The largest absolute Gasteiger partial charge is 0.483 e. The van der Waals surface area contributed by atoms with Crippen molar-refractivity contribution in [3.8, 4) is 11.5 Å². The highest BCUT2D eigenvalue weighted by Crippen LogP contribution is 2.45. The van der Waals surface area contributed by atoms with Crippen LogP contribution in [-0.2, 0) is 19.1 Å². The minimum absolute atomic E-state index is 0.0467. The number of rotatable bonds is 11. The van der Waals surface area contributed by atoms with E-state index in [1.165, 1.54) is 6.07 Å². The monoisotopic (exact) mass is 796 g/mol. The fraction of sp³-hybridized carbons (Fsp3) is 0.543. The van der Waals surface area contributed by atoms with Gasteiger partial charge in [0.05, 0.1) is 43.3 Å². The molecule has 268 valence electrons. The fourth-order valence-electron chi connectivity index (χ4n) is 6.29. The van der Waals surface area contributed by atoms with Crippen LogP contribution in [-0.4, -0.2) is 43.5 Å². The molecule has 0 radical (unpaired) electrons. The summed E-state index contributed by atoms with van der Waals surface area (Å²) in [5.74, 6) is -4.67. The summed E-state index contributed by atoms with van der Waals surface area (Å²) in [7, 11) is 0. The van der Waals surface area contributed by atoms with Crippen LogP contribution in [0, 0.1) is 22.7 Å². The summed E-state index contributed by atoms with van der Waals surface area (Å²) in [6.45, 7) is 7.57. The Morgan fingerprint density at radius 2 is 1.10 bits per heavy atom. The first kappa shape index (κ1) is 39.8. The van der Waals surface area contributed by atoms with Gasteiger partial charge in [-0.05, 0) is 36.8 Å². The van der Waals surface area contributed by atoms with Gasteiger partial charge in [-0.3, -0.25) is 4.79 Å². The van der Waals surface area contributed by atoms with E-state index in [2.05, 4.69) is 20.8 Å². The molecule has 8 nitrogen and oxygen atoms in total. The first-order valence-corrected chi connectivity index (χ1v) is 18.3. The molecule has 4 rings (SSSR count). The number of benzene rings is 2. The summed E-state index contributed by atoms with van der Waals surface area (Å²) in [6.07, 6.45) is 7.98. The van der Waals surface area contributed by atoms with E-state index in [1.807, 2.05) is 6.92 Å². The van der Waals surface area contributed by atoms with Crippen LogP contribution in [0.15, 0.2) is 12.1 Å². The molecule has 0 aromatic heterocycles. The number of esters is 3. The molecule has 0 heterocycles. The Balaban J connectivity index is 1.50. The lowest BCUT2D eigenvalue weighted by atomic mass is 9.69. The topological polar surface area (TPSA) is 105 Å². The Morgan fingerprint density at radius 3 is 1.55 bits per heavy atom. The number of carbonyl (C=O) groups is 4. The summed E-state index contributed by atoms with van der Waals surface area (Å²) >= 11 is 37.8. The normalized spacial score (nSPS) is 23.8. The molecule has 49 heavy (non-hydrogen) atoms. The van der Waals surface area contributed by atoms with Gasteiger partial charge in [0.15, 0.2) is 18.1 Å². The van der Waals surface area contributed by atoms with Gasteiger partial charge in [-0.2, -0.15) is 0 Å². The Bertz CT molecular complexity index is 1630. The van der Waals surface area contributed by atoms with E-state index in [1.54, 1.807) is 0 Å². The second kappa shape index (κ2) is 16.6. The van der Waals surface area contributed by atoms with Crippen LogP contribution < -0.4 is 9.47 Å². The molecule has 2 saturated carbocycles. The van der Waals surface area contributed by atoms with Crippen molar-refractivity contribution in [2.75, 3.05) is 19.8 Å². The number of hydrogen-bond donors (Lipinski definition) is 0. The maximum atomic E-state index is 13.3. The molecule has 4 atom stereocenters. The Kier molecular flexibility index (Phi) is 13.5. The molecule has 0 N–H and O–H groups in total. The molecular formula is C35H38Cl6O8. The van der Waals surface area contributed by atoms with Crippen LogP contribution in [0.25, 0.3) is 0 Å². The maximum Gasteiger partial charge on any atom is 0.383 e. The molecular weight excluding hydrogens is 761 g/mol. The van der Waals surface area contributed by atoms with Gasteiger partial charge in [0, 0.05) is 10.8 Å². The van der Waals surface area contributed by atoms with E-state index in [4.69, 9.17) is 88.6 Å². The van der Waals surface area contributed by atoms with Crippen LogP contribution in [0.4, 0.5) is 0 Å². The molecule has 14 heteroatoms. The van der Waals surface area contributed by atoms with Crippen molar-refractivity contribution in [2.45, 2.75) is 79.1 Å². The summed E-state index contributed by atoms with van der Waals surface area (Å²) in [6, 6.07) is 2.39. The number of carbonyl (C=O) groups excluding carboxylic acids is 4. The average Bonchev–Trinajstić information content (AvgIpc) is 3.05. The number of ketones is 1.